The number of carboxylic acid groups (broad SMARTS) is 1. The SMILES string of the molecule is O=C(O)CC1CSCCN1c1cc(=O)[nH]c(C2CC2)n1. The summed E-state index contributed by atoms with van der Waals surface area (Å²) in [4.78, 5) is 32.1. The molecule has 20 heavy (non-hydrogen) atoms. The van der Waals surface area contributed by atoms with Gasteiger partial charge in [-0.15, -0.1) is 0 Å². The molecule has 1 unspecified atom stereocenters. The fourth-order valence-corrected chi connectivity index (χ4v) is 3.55. The number of aliphatic carboxylic acids is 1. The molecule has 2 fully saturated rings. The van der Waals surface area contributed by atoms with Gasteiger partial charge in [-0.3, -0.25) is 9.59 Å². The number of anilines is 1. The van der Waals surface area contributed by atoms with E-state index in [2.05, 4.69) is 9.97 Å². The molecule has 0 bridgehead atoms. The lowest BCUT2D eigenvalue weighted by atomic mass is 10.2. The van der Waals surface area contributed by atoms with Crippen molar-refractivity contribution in [2.75, 3.05) is 23.0 Å². The van der Waals surface area contributed by atoms with E-state index in [1.165, 1.54) is 6.07 Å². The second kappa shape index (κ2) is 5.47. The maximum absolute atomic E-state index is 11.8. The van der Waals surface area contributed by atoms with E-state index in [9.17, 15) is 9.59 Å². The number of carbonyl (C=O) groups is 1. The molecular formula is C13H17N3O3S. The number of carboxylic acids is 1. The van der Waals surface area contributed by atoms with Gasteiger partial charge in [-0.1, -0.05) is 0 Å². The van der Waals surface area contributed by atoms with Gasteiger partial charge in [0.25, 0.3) is 5.56 Å². The van der Waals surface area contributed by atoms with E-state index in [-0.39, 0.29) is 18.0 Å². The molecule has 2 N–H and O–H groups in total. The summed E-state index contributed by atoms with van der Waals surface area (Å²) in [6.45, 7) is 0.739. The molecule has 2 heterocycles. The first kappa shape index (κ1) is 13.5. The zero-order valence-electron chi connectivity index (χ0n) is 11.0. The molecule has 3 rings (SSSR count). The average Bonchev–Trinajstić information content (AvgIpc) is 3.22. The van der Waals surface area contributed by atoms with Crippen molar-refractivity contribution < 1.29 is 9.90 Å². The highest BCUT2D eigenvalue weighted by Gasteiger charge is 2.30. The number of hydrogen-bond donors (Lipinski definition) is 2. The third-order valence-corrected chi connectivity index (χ3v) is 4.73. The minimum atomic E-state index is -0.810. The number of nitrogens with one attached hydrogen (secondary N) is 1. The Morgan fingerprint density at radius 1 is 1.55 bits per heavy atom. The van der Waals surface area contributed by atoms with Gasteiger partial charge in [-0.05, 0) is 12.8 Å². The monoisotopic (exact) mass is 295 g/mol. The zero-order valence-corrected chi connectivity index (χ0v) is 11.9. The van der Waals surface area contributed by atoms with Crippen molar-refractivity contribution in [2.24, 2.45) is 0 Å². The lowest BCUT2D eigenvalue weighted by Gasteiger charge is -2.35. The largest absolute Gasteiger partial charge is 0.481 e. The quantitative estimate of drug-likeness (QED) is 0.863. The van der Waals surface area contributed by atoms with Crippen molar-refractivity contribution in [1.82, 2.24) is 9.97 Å². The first-order chi connectivity index (χ1) is 9.63. The van der Waals surface area contributed by atoms with Gasteiger partial charge in [0.05, 0.1) is 6.42 Å². The van der Waals surface area contributed by atoms with Crippen LogP contribution in [0.25, 0.3) is 0 Å². The number of hydrogen-bond acceptors (Lipinski definition) is 5. The molecule has 1 saturated heterocycles. The van der Waals surface area contributed by atoms with Crippen LogP contribution in [0.2, 0.25) is 0 Å². The summed E-state index contributed by atoms with van der Waals surface area (Å²) < 4.78 is 0. The summed E-state index contributed by atoms with van der Waals surface area (Å²) in [6, 6.07) is 1.39. The Hall–Kier alpha value is -1.50. The van der Waals surface area contributed by atoms with Gasteiger partial charge in [-0.25, -0.2) is 4.98 Å². The predicted octanol–water partition coefficient (Wildman–Crippen LogP) is 1.04. The van der Waals surface area contributed by atoms with Crippen LogP contribution in [0.3, 0.4) is 0 Å². The molecule has 1 aliphatic heterocycles. The second-order valence-corrected chi connectivity index (χ2v) is 6.43. The Morgan fingerprint density at radius 2 is 2.35 bits per heavy atom. The van der Waals surface area contributed by atoms with Crippen LogP contribution in [-0.2, 0) is 4.79 Å². The van der Waals surface area contributed by atoms with Crippen molar-refractivity contribution in [3.63, 3.8) is 0 Å². The molecule has 1 saturated carbocycles. The Kier molecular flexibility index (Phi) is 3.69. The summed E-state index contributed by atoms with van der Waals surface area (Å²) >= 11 is 1.75. The van der Waals surface area contributed by atoms with Crippen molar-refractivity contribution in [3.8, 4) is 0 Å². The number of nitrogens with zero attached hydrogens (tertiary/aromatic N) is 2. The summed E-state index contributed by atoms with van der Waals surface area (Å²) in [5, 5.41) is 9.01. The van der Waals surface area contributed by atoms with E-state index in [4.69, 9.17) is 5.11 Å². The first-order valence-corrected chi connectivity index (χ1v) is 7.96. The molecule has 1 aromatic rings. The van der Waals surface area contributed by atoms with Crippen LogP contribution in [-0.4, -0.2) is 45.1 Å². The highest BCUT2D eigenvalue weighted by molar-refractivity contribution is 7.99. The van der Waals surface area contributed by atoms with E-state index >= 15 is 0 Å². The molecule has 6 nitrogen and oxygen atoms in total. The zero-order chi connectivity index (χ0) is 14.1. The molecule has 0 spiro atoms. The van der Waals surface area contributed by atoms with Crippen LogP contribution in [0, 0.1) is 0 Å². The smallest absolute Gasteiger partial charge is 0.305 e. The molecule has 1 aliphatic carbocycles. The third kappa shape index (κ3) is 2.98. The lowest BCUT2D eigenvalue weighted by molar-refractivity contribution is -0.137. The van der Waals surface area contributed by atoms with Gasteiger partial charge in [-0.2, -0.15) is 11.8 Å². The fraction of sp³-hybridized carbons (Fsp3) is 0.615. The number of aromatic nitrogens is 2. The Bertz CT molecular complexity index is 570. The van der Waals surface area contributed by atoms with Crippen molar-refractivity contribution >= 4 is 23.5 Å². The highest BCUT2D eigenvalue weighted by Crippen LogP contribution is 2.38. The molecule has 0 amide bonds. The van der Waals surface area contributed by atoms with E-state index in [0.29, 0.717) is 11.7 Å². The van der Waals surface area contributed by atoms with Gasteiger partial charge >= 0.3 is 5.97 Å². The van der Waals surface area contributed by atoms with Crippen LogP contribution in [0.4, 0.5) is 5.82 Å². The van der Waals surface area contributed by atoms with E-state index in [0.717, 1.165) is 36.7 Å². The van der Waals surface area contributed by atoms with Gasteiger partial charge < -0.3 is 15.0 Å². The molecule has 0 radical (unpaired) electrons. The van der Waals surface area contributed by atoms with Crippen LogP contribution in [0.5, 0.6) is 0 Å². The summed E-state index contributed by atoms with van der Waals surface area (Å²) in [7, 11) is 0. The van der Waals surface area contributed by atoms with Crippen LogP contribution >= 0.6 is 11.8 Å². The van der Waals surface area contributed by atoms with Crippen molar-refractivity contribution in [3.05, 3.63) is 22.2 Å². The Morgan fingerprint density at radius 3 is 3.05 bits per heavy atom. The van der Waals surface area contributed by atoms with E-state index < -0.39 is 5.97 Å². The summed E-state index contributed by atoms with van der Waals surface area (Å²) in [5.74, 6) is 2.64. The molecular weight excluding hydrogens is 278 g/mol. The number of rotatable bonds is 4. The molecule has 0 aromatic carbocycles. The standard InChI is InChI=1S/C13H17N3O3S/c17-11-6-10(14-13(15-11)8-1-2-8)16-3-4-20-7-9(16)5-12(18)19/h6,8-9H,1-5,7H2,(H,18,19)(H,14,15,17). The van der Waals surface area contributed by atoms with Crippen molar-refractivity contribution in [1.29, 1.82) is 0 Å². The number of thioether (sulfide) groups is 1. The molecule has 108 valence electrons. The minimum absolute atomic E-state index is 0.0836. The molecule has 2 aliphatic rings. The third-order valence-electron chi connectivity index (χ3n) is 3.64. The van der Waals surface area contributed by atoms with Crippen LogP contribution in [0.1, 0.15) is 31.0 Å². The summed E-state index contributed by atoms with van der Waals surface area (Å²) in [6.07, 6.45) is 2.22. The first-order valence-electron chi connectivity index (χ1n) is 6.81. The predicted molar refractivity (Wildman–Crippen MR) is 77.5 cm³/mol. The highest BCUT2D eigenvalue weighted by atomic mass is 32.2. The van der Waals surface area contributed by atoms with Crippen LogP contribution < -0.4 is 10.5 Å². The minimum Gasteiger partial charge on any atom is -0.481 e. The van der Waals surface area contributed by atoms with Crippen molar-refractivity contribution in [2.45, 2.75) is 31.2 Å². The normalized spacial score (nSPS) is 22.8. The summed E-state index contributed by atoms with van der Waals surface area (Å²) in [5.41, 5.74) is -0.149. The maximum atomic E-state index is 11.8. The fourth-order valence-electron chi connectivity index (χ4n) is 2.49. The maximum Gasteiger partial charge on any atom is 0.305 e. The van der Waals surface area contributed by atoms with Gasteiger partial charge in [0.15, 0.2) is 0 Å². The lowest BCUT2D eigenvalue weighted by Crippen LogP contribution is -2.44. The van der Waals surface area contributed by atoms with Gasteiger partial charge in [0.2, 0.25) is 0 Å². The molecule has 1 aromatic heterocycles. The number of H-pyrrole nitrogens is 1. The molecule has 7 heteroatoms. The Balaban J connectivity index is 1.88. The number of aromatic amines is 1. The van der Waals surface area contributed by atoms with E-state index in [1.807, 2.05) is 4.90 Å². The average molecular weight is 295 g/mol. The van der Waals surface area contributed by atoms with E-state index in [1.54, 1.807) is 11.8 Å². The topological polar surface area (TPSA) is 86.3 Å². The van der Waals surface area contributed by atoms with Gasteiger partial charge in [0, 0.05) is 36.1 Å². The van der Waals surface area contributed by atoms with Gasteiger partial charge in [0.1, 0.15) is 11.6 Å². The van der Waals surface area contributed by atoms with Crippen LogP contribution in [0.15, 0.2) is 10.9 Å². The Labute approximate surface area is 120 Å². The molecule has 1 atom stereocenters. The second-order valence-electron chi connectivity index (χ2n) is 5.28.